The van der Waals surface area contributed by atoms with E-state index < -0.39 is 0 Å². The highest BCUT2D eigenvalue weighted by molar-refractivity contribution is 6.12. The summed E-state index contributed by atoms with van der Waals surface area (Å²) in [5.41, 5.74) is 4.35. The molecule has 0 atom stereocenters. The SMILES string of the molecule is COc1ccc(N2/C=C\c3c([nH]c(C)c3C=O)-c3ncccc3C2=O)cc1. The summed E-state index contributed by atoms with van der Waals surface area (Å²) in [6.07, 6.45) is 5.90. The zero-order valence-corrected chi connectivity index (χ0v) is 14.9. The molecule has 27 heavy (non-hydrogen) atoms. The van der Waals surface area contributed by atoms with Crippen molar-refractivity contribution in [1.82, 2.24) is 9.97 Å². The molecular weight excluding hydrogens is 342 g/mol. The van der Waals surface area contributed by atoms with Crippen molar-refractivity contribution in [3.63, 3.8) is 0 Å². The van der Waals surface area contributed by atoms with Gasteiger partial charge in [0.15, 0.2) is 6.29 Å². The van der Waals surface area contributed by atoms with Gasteiger partial charge in [0.1, 0.15) is 5.75 Å². The second-order valence-corrected chi connectivity index (χ2v) is 6.16. The number of hydrogen-bond acceptors (Lipinski definition) is 4. The molecule has 1 amide bonds. The third-order valence-electron chi connectivity index (χ3n) is 4.63. The first-order chi connectivity index (χ1) is 13.1. The Morgan fingerprint density at radius 2 is 1.96 bits per heavy atom. The number of anilines is 1. The highest BCUT2D eigenvalue weighted by atomic mass is 16.5. The number of aryl methyl sites for hydroxylation is 1. The smallest absolute Gasteiger partial charge is 0.264 e. The summed E-state index contributed by atoms with van der Waals surface area (Å²) in [6.45, 7) is 1.83. The molecule has 6 nitrogen and oxygen atoms in total. The van der Waals surface area contributed by atoms with E-state index in [0.29, 0.717) is 39.5 Å². The molecule has 2 aromatic heterocycles. The maximum atomic E-state index is 13.2. The Balaban J connectivity index is 1.94. The molecule has 4 rings (SSSR count). The average Bonchev–Trinajstić information content (AvgIpc) is 3.02. The van der Waals surface area contributed by atoms with Crippen LogP contribution < -0.4 is 9.64 Å². The Morgan fingerprint density at radius 1 is 1.19 bits per heavy atom. The summed E-state index contributed by atoms with van der Waals surface area (Å²) in [5.74, 6) is 0.501. The molecule has 3 heterocycles. The quantitative estimate of drug-likeness (QED) is 0.721. The Labute approximate surface area is 156 Å². The second kappa shape index (κ2) is 6.57. The van der Waals surface area contributed by atoms with E-state index in [2.05, 4.69) is 9.97 Å². The molecule has 0 fully saturated rings. The molecule has 1 N–H and O–H groups in total. The molecule has 0 bridgehead atoms. The molecule has 0 radical (unpaired) electrons. The molecule has 0 spiro atoms. The number of aromatic amines is 1. The largest absolute Gasteiger partial charge is 0.497 e. The summed E-state index contributed by atoms with van der Waals surface area (Å²) >= 11 is 0. The van der Waals surface area contributed by atoms with Crippen LogP contribution in [-0.4, -0.2) is 29.3 Å². The van der Waals surface area contributed by atoms with Crippen molar-refractivity contribution in [2.45, 2.75) is 6.92 Å². The topological polar surface area (TPSA) is 75.3 Å². The lowest BCUT2D eigenvalue weighted by molar-refractivity contribution is 0.0997. The molecule has 6 heteroatoms. The summed E-state index contributed by atoms with van der Waals surface area (Å²) < 4.78 is 5.19. The van der Waals surface area contributed by atoms with Crippen LogP contribution in [0.25, 0.3) is 17.5 Å². The third kappa shape index (κ3) is 2.71. The van der Waals surface area contributed by atoms with Gasteiger partial charge in [-0.25, -0.2) is 0 Å². The monoisotopic (exact) mass is 359 g/mol. The third-order valence-corrected chi connectivity index (χ3v) is 4.63. The van der Waals surface area contributed by atoms with E-state index in [-0.39, 0.29) is 5.91 Å². The molecule has 3 aromatic rings. The number of aldehydes is 1. The predicted octanol–water partition coefficient (Wildman–Crippen LogP) is 3.84. The fraction of sp³-hybridized carbons (Fsp3) is 0.0952. The van der Waals surface area contributed by atoms with Crippen LogP contribution in [0.2, 0.25) is 0 Å². The van der Waals surface area contributed by atoms with Gasteiger partial charge in [-0.05, 0) is 49.4 Å². The molecule has 0 saturated heterocycles. The van der Waals surface area contributed by atoms with Crippen molar-refractivity contribution in [2.24, 2.45) is 0 Å². The molecule has 1 aromatic carbocycles. The number of hydrogen-bond donors (Lipinski definition) is 1. The van der Waals surface area contributed by atoms with Crippen LogP contribution in [0.3, 0.4) is 0 Å². The van der Waals surface area contributed by atoms with Gasteiger partial charge in [-0.2, -0.15) is 0 Å². The number of amides is 1. The molecule has 0 unspecified atom stereocenters. The van der Waals surface area contributed by atoms with Crippen LogP contribution >= 0.6 is 0 Å². The first kappa shape index (κ1) is 16.8. The minimum Gasteiger partial charge on any atom is -0.497 e. The normalized spacial score (nSPS) is 14.0. The molecular formula is C21H17N3O3. The number of H-pyrrole nitrogens is 1. The maximum absolute atomic E-state index is 13.2. The number of rotatable bonds is 3. The number of carbonyl (C=O) groups is 2. The number of carbonyl (C=O) groups excluding carboxylic acids is 2. The van der Waals surface area contributed by atoms with Crippen molar-refractivity contribution in [1.29, 1.82) is 0 Å². The van der Waals surface area contributed by atoms with Gasteiger partial charge in [-0.1, -0.05) is 0 Å². The number of nitrogens with one attached hydrogen (secondary N) is 1. The fourth-order valence-corrected chi connectivity index (χ4v) is 3.24. The van der Waals surface area contributed by atoms with Crippen molar-refractivity contribution in [3.8, 4) is 17.1 Å². The van der Waals surface area contributed by atoms with Crippen LogP contribution in [-0.2, 0) is 0 Å². The van der Waals surface area contributed by atoms with E-state index in [1.807, 2.05) is 19.1 Å². The number of fused-ring (bicyclic) bond motifs is 3. The van der Waals surface area contributed by atoms with E-state index >= 15 is 0 Å². The first-order valence-electron chi connectivity index (χ1n) is 8.43. The van der Waals surface area contributed by atoms with Gasteiger partial charge in [-0.15, -0.1) is 0 Å². The number of benzene rings is 1. The lowest BCUT2D eigenvalue weighted by atomic mass is 10.0. The lowest BCUT2D eigenvalue weighted by Crippen LogP contribution is -2.27. The summed E-state index contributed by atoms with van der Waals surface area (Å²) in [4.78, 5) is 34.0. The maximum Gasteiger partial charge on any atom is 0.264 e. The van der Waals surface area contributed by atoms with E-state index in [4.69, 9.17) is 4.74 Å². The van der Waals surface area contributed by atoms with Crippen LogP contribution in [0.1, 0.15) is 32.0 Å². The first-order valence-corrected chi connectivity index (χ1v) is 8.43. The Kier molecular flexibility index (Phi) is 4.08. The van der Waals surface area contributed by atoms with Crippen molar-refractivity contribution < 1.29 is 14.3 Å². The average molecular weight is 359 g/mol. The van der Waals surface area contributed by atoms with Gasteiger partial charge in [0.05, 0.1) is 24.1 Å². The van der Waals surface area contributed by atoms with Gasteiger partial charge >= 0.3 is 0 Å². The van der Waals surface area contributed by atoms with Gasteiger partial charge in [0, 0.05) is 34.9 Å². The minimum atomic E-state index is -0.204. The number of aromatic nitrogens is 2. The van der Waals surface area contributed by atoms with Gasteiger partial charge in [-0.3, -0.25) is 19.5 Å². The zero-order chi connectivity index (χ0) is 19.0. The number of nitrogens with zero attached hydrogens (tertiary/aromatic N) is 2. The van der Waals surface area contributed by atoms with E-state index in [0.717, 1.165) is 12.0 Å². The zero-order valence-electron chi connectivity index (χ0n) is 14.9. The minimum absolute atomic E-state index is 0.204. The van der Waals surface area contributed by atoms with Crippen molar-refractivity contribution in [2.75, 3.05) is 12.0 Å². The van der Waals surface area contributed by atoms with E-state index in [9.17, 15) is 9.59 Å². The van der Waals surface area contributed by atoms with Crippen molar-refractivity contribution in [3.05, 3.63) is 71.2 Å². The van der Waals surface area contributed by atoms with Crippen LogP contribution in [0.4, 0.5) is 5.69 Å². The van der Waals surface area contributed by atoms with E-state index in [1.54, 1.807) is 54.7 Å². The van der Waals surface area contributed by atoms with Crippen LogP contribution in [0.5, 0.6) is 5.75 Å². The number of pyridine rings is 1. The van der Waals surface area contributed by atoms with Gasteiger partial charge in [0.2, 0.25) is 0 Å². The highest BCUT2D eigenvalue weighted by Gasteiger charge is 2.26. The molecule has 134 valence electrons. The fourth-order valence-electron chi connectivity index (χ4n) is 3.24. The summed E-state index contributed by atoms with van der Waals surface area (Å²) in [6, 6.07) is 10.7. The Morgan fingerprint density at radius 3 is 2.67 bits per heavy atom. The molecule has 0 saturated carbocycles. The number of ether oxygens (including phenoxy) is 1. The second-order valence-electron chi connectivity index (χ2n) is 6.16. The number of methoxy groups -OCH3 is 1. The Hall–Kier alpha value is -3.67. The standard InChI is InChI=1S/C21H17N3O3/c1-13-18(12-25)16-9-11-24(14-5-7-15(27-2)8-6-14)21(26)17-4-3-10-22-19(17)20(16)23-13/h3-12,23H,1-2H3/b11-9-. The van der Waals surface area contributed by atoms with Crippen LogP contribution in [0, 0.1) is 6.92 Å². The van der Waals surface area contributed by atoms with Crippen LogP contribution in [0.15, 0.2) is 48.8 Å². The predicted molar refractivity (Wildman–Crippen MR) is 103 cm³/mol. The Bertz CT molecular complexity index is 1060. The van der Waals surface area contributed by atoms with Gasteiger partial charge < -0.3 is 9.72 Å². The highest BCUT2D eigenvalue weighted by Crippen LogP contribution is 2.33. The molecule has 0 aliphatic carbocycles. The molecule has 1 aliphatic heterocycles. The van der Waals surface area contributed by atoms with E-state index in [1.165, 1.54) is 0 Å². The summed E-state index contributed by atoms with van der Waals surface area (Å²) in [5, 5.41) is 0. The van der Waals surface area contributed by atoms with Crippen molar-refractivity contribution >= 4 is 24.0 Å². The van der Waals surface area contributed by atoms with Gasteiger partial charge in [0.25, 0.3) is 5.91 Å². The summed E-state index contributed by atoms with van der Waals surface area (Å²) in [7, 11) is 1.59. The molecule has 1 aliphatic rings. The lowest BCUT2D eigenvalue weighted by Gasteiger charge is -2.22.